The number of anilines is 2. The number of hydrogen-bond acceptors (Lipinski definition) is 4. The van der Waals surface area contributed by atoms with E-state index in [0.29, 0.717) is 25.5 Å². The molecule has 1 aliphatic heterocycles. The van der Waals surface area contributed by atoms with Crippen molar-refractivity contribution in [1.82, 2.24) is 9.55 Å². The van der Waals surface area contributed by atoms with Crippen LogP contribution >= 0.6 is 0 Å². The number of methoxy groups -OCH3 is 1. The van der Waals surface area contributed by atoms with Crippen molar-refractivity contribution in [2.24, 2.45) is 0 Å². The molecule has 0 spiro atoms. The second-order valence-corrected chi connectivity index (χ2v) is 7.24. The van der Waals surface area contributed by atoms with E-state index in [-0.39, 0.29) is 18.2 Å². The van der Waals surface area contributed by atoms with Crippen LogP contribution in [0.5, 0.6) is 0 Å². The molecule has 0 saturated carbocycles. The summed E-state index contributed by atoms with van der Waals surface area (Å²) < 4.78 is 7.01. The first-order valence-corrected chi connectivity index (χ1v) is 9.72. The number of fused-ring (bicyclic) bond motifs is 3. The average molecular weight is 392 g/mol. The minimum atomic E-state index is -0.606. The van der Waals surface area contributed by atoms with Gasteiger partial charge in [0.25, 0.3) is 5.91 Å². The third-order valence-electron chi connectivity index (χ3n) is 5.13. The maximum absolute atomic E-state index is 13.1. The Morgan fingerprint density at radius 3 is 2.69 bits per heavy atom. The second kappa shape index (κ2) is 8.05. The zero-order chi connectivity index (χ0) is 20.4. The van der Waals surface area contributed by atoms with Crippen LogP contribution in [0.25, 0.3) is 11.0 Å². The summed E-state index contributed by atoms with van der Waals surface area (Å²) in [5.74, 6) is 0.295. The van der Waals surface area contributed by atoms with E-state index in [1.165, 1.54) is 0 Å². The quantitative estimate of drug-likeness (QED) is 0.626. The maximum Gasteiger partial charge on any atom is 0.253 e. The van der Waals surface area contributed by atoms with Crippen molar-refractivity contribution in [3.05, 3.63) is 54.1 Å². The highest BCUT2D eigenvalue weighted by Gasteiger charge is 2.40. The lowest BCUT2D eigenvalue weighted by molar-refractivity contribution is -0.124. The van der Waals surface area contributed by atoms with Crippen molar-refractivity contribution in [3.8, 4) is 0 Å². The van der Waals surface area contributed by atoms with Crippen LogP contribution < -0.4 is 10.2 Å². The maximum atomic E-state index is 13.1. The van der Waals surface area contributed by atoms with Gasteiger partial charge in [-0.25, -0.2) is 4.98 Å². The van der Waals surface area contributed by atoms with Crippen LogP contribution in [0, 0.1) is 6.92 Å². The van der Waals surface area contributed by atoms with E-state index in [1.54, 1.807) is 12.0 Å². The Kier molecular flexibility index (Phi) is 5.31. The van der Waals surface area contributed by atoms with E-state index in [9.17, 15) is 9.59 Å². The van der Waals surface area contributed by atoms with Gasteiger partial charge in [0.2, 0.25) is 11.9 Å². The van der Waals surface area contributed by atoms with E-state index in [4.69, 9.17) is 4.74 Å². The Hall–Kier alpha value is -3.19. The van der Waals surface area contributed by atoms with Crippen LogP contribution in [0.3, 0.4) is 0 Å². The van der Waals surface area contributed by atoms with E-state index in [2.05, 4.69) is 10.3 Å². The first-order valence-electron chi connectivity index (χ1n) is 9.72. The number of amides is 2. The van der Waals surface area contributed by atoms with Crippen molar-refractivity contribution in [2.75, 3.05) is 30.5 Å². The van der Waals surface area contributed by atoms with Crippen molar-refractivity contribution in [1.29, 1.82) is 0 Å². The average Bonchev–Trinajstić information content (AvgIpc) is 3.20. The number of rotatable bonds is 7. The van der Waals surface area contributed by atoms with Gasteiger partial charge in [0.15, 0.2) is 0 Å². The zero-order valence-electron chi connectivity index (χ0n) is 16.6. The van der Waals surface area contributed by atoms with Gasteiger partial charge < -0.3 is 10.1 Å². The summed E-state index contributed by atoms with van der Waals surface area (Å²) in [6.45, 7) is 3.06. The normalized spacial score (nSPS) is 15.7. The van der Waals surface area contributed by atoms with Crippen LogP contribution in [-0.2, 0) is 14.3 Å². The molecule has 29 heavy (non-hydrogen) atoms. The first kappa shape index (κ1) is 19.1. The first-order chi connectivity index (χ1) is 14.1. The van der Waals surface area contributed by atoms with Crippen LogP contribution in [0.4, 0.5) is 11.6 Å². The molecule has 0 saturated heterocycles. The number of nitrogens with one attached hydrogen (secondary N) is 1. The molecule has 0 aliphatic carbocycles. The van der Waals surface area contributed by atoms with Gasteiger partial charge >= 0.3 is 0 Å². The number of ether oxygens (including phenoxy) is 1. The Labute approximate surface area is 169 Å². The molecule has 0 bridgehead atoms. The van der Waals surface area contributed by atoms with Gasteiger partial charge in [-0.3, -0.25) is 19.1 Å². The SMILES string of the molecule is COCCCN1C(=O)[C@H](CC(=O)Nc2ccc(C)cc2)n2c1nc1ccccc12. The van der Waals surface area contributed by atoms with Gasteiger partial charge in [-0.15, -0.1) is 0 Å². The van der Waals surface area contributed by atoms with Crippen LogP contribution in [0.1, 0.15) is 24.4 Å². The number of carbonyl (C=O) groups is 2. The number of nitrogens with zero attached hydrogens (tertiary/aromatic N) is 3. The smallest absolute Gasteiger partial charge is 0.253 e. The number of aryl methyl sites for hydroxylation is 1. The van der Waals surface area contributed by atoms with Crippen LogP contribution in [-0.4, -0.2) is 41.6 Å². The topological polar surface area (TPSA) is 76.5 Å². The van der Waals surface area contributed by atoms with Crippen molar-refractivity contribution in [2.45, 2.75) is 25.8 Å². The third-order valence-corrected chi connectivity index (χ3v) is 5.13. The fraction of sp³-hybridized carbons (Fsp3) is 0.318. The summed E-state index contributed by atoms with van der Waals surface area (Å²) in [5.41, 5.74) is 3.52. The Balaban J connectivity index is 1.60. The molecule has 7 nitrogen and oxygen atoms in total. The number of carbonyl (C=O) groups excluding carboxylic acids is 2. The molecule has 4 rings (SSSR count). The molecule has 7 heteroatoms. The van der Waals surface area contributed by atoms with Crippen molar-refractivity contribution >= 4 is 34.5 Å². The number of hydrogen-bond donors (Lipinski definition) is 1. The molecule has 1 N–H and O–H groups in total. The van der Waals surface area contributed by atoms with Crippen LogP contribution in [0.15, 0.2) is 48.5 Å². The molecule has 2 amide bonds. The van der Waals surface area contributed by atoms with Gasteiger partial charge in [-0.1, -0.05) is 29.8 Å². The van der Waals surface area contributed by atoms with Crippen molar-refractivity contribution < 1.29 is 14.3 Å². The summed E-state index contributed by atoms with van der Waals surface area (Å²) >= 11 is 0. The molecular weight excluding hydrogens is 368 g/mol. The van der Waals surface area contributed by atoms with Gasteiger partial charge in [-0.05, 0) is 37.6 Å². The Bertz CT molecular complexity index is 1040. The molecule has 1 aromatic heterocycles. The van der Waals surface area contributed by atoms with Gasteiger partial charge in [0, 0.05) is 25.9 Å². The van der Waals surface area contributed by atoms with E-state index in [0.717, 1.165) is 22.3 Å². The highest BCUT2D eigenvalue weighted by molar-refractivity contribution is 6.05. The summed E-state index contributed by atoms with van der Waals surface area (Å²) in [6, 6.07) is 14.7. The molecule has 1 atom stereocenters. The minimum absolute atomic E-state index is 0.0564. The lowest BCUT2D eigenvalue weighted by Crippen LogP contribution is -2.32. The van der Waals surface area contributed by atoms with E-state index in [1.807, 2.05) is 60.0 Å². The minimum Gasteiger partial charge on any atom is -0.385 e. The van der Waals surface area contributed by atoms with E-state index < -0.39 is 6.04 Å². The molecule has 2 heterocycles. The summed E-state index contributed by atoms with van der Waals surface area (Å²) in [7, 11) is 1.64. The number of imidazole rings is 1. The fourth-order valence-electron chi connectivity index (χ4n) is 3.70. The molecular formula is C22H24N4O3. The van der Waals surface area contributed by atoms with Gasteiger partial charge in [0.1, 0.15) is 6.04 Å². The second-order valence-electron chi connectivity index (χ2n) is 7.24. The largest absolute Gasteiger partial charge is 0.385 e. The molecule has 150 valence electrons. The standard InChI is InChI=1S/C22H24N4O3/c1-15-8-10-16(11-9-15)23-20(27)14-19-21(28)25(12-5-13-29-2)22-24-17-6-3-4-7-18(17)26(19)22/h3-4,6-11,19H,5,12-14H2,1-2H3,(H,23,27)/t19-/m0/s1. The highest BCUT2D eigenvalue weighted by atomic mass is 16.5. The highest BCUT2D eigenvalue weighted by Crippen LogP contribution is 2.36. The van der Waals surface area contributed by atoms with Crippen LogP contribution in [0.2, 0.25) is 0 Å². The predicted molar refractivity (Wildman–Crippen MR) is 112 cm³/mol. The third kappa shape index (κ3) is 3.73. The Morgan fingerprint density at radius 1 is 1.17 bits per heavy atom. The molecule has 1 aliphatic rings. The predicted octanol–water partition coefficient (Wildman–Crippen LogP) is 3.30. The number of aromatic nitrogens is 2. The van der Waals surface area contributed by atoms with Gasteiger partial charge in [-0.2, -0.15) is 0 Å². The molecule has 0 fully saturated rings. The molecule has 2 aromatic carbocycles. The lowest BCUT2D eigenvalue weighted by Gasteiger charge is -2.15. The van der Waals surface area contributed by atoms with E-state index >= 15 is 0 Å². The summed E-state index contributed by atoms with van der Waals surface area (Å²) in [4.78, 5) is 32.2. The van der Waals surface area contributed by atoms with Gasteiger partial charge in [0.05, 0.1) is 17.5 Å². The molecule has 0 unspecified atom stereocenters. The molecule has 3 aromatic rings. The van der Waals surface area contributed by atoms with Crippen molar-refractivity contribution in [3.63, 3.8) is 0 Å². The molecule has 0 radical (unpaired) electrons. The lowest BCUT2D eigenvalue weighted by atomic mass is 10.1. The fourth-order valence-corrected chi connectivity index (χ4v) is 3.70. The summed E-state index contributed by atoms with van der Waals surface area (Å²) in [6.07, 6.45) is 0.759. The Morgan fingerprint density at radius 2 is 1.93 bits per heavy atom. The number of para-hydroxylation sites is 2. The monoisotopic (exact) mass is 392 g/mol. The number of benzene rings is 2. The summed E-state index contributed by atoms with van der Waals surface area (Å²) in [5, 5.41) is 2.89. The zero-order valence-corrected chi connectivity index (χ0v) is 16.6.